The third kappa shape index (κ3) is 3.04. The molecular formula is C11H19NO2. The predicted octanol–water partition coefficient (Wildman–Crippen LogP) is 1.72. The molecule has 3 heteroatoms. The highest BCUT2D eigenvalue weighted by Gasteiger charge is 2.29. The molecule has 0 saturated carbocycles. The average Bonchev–Trinajstić information content (AvgIpc) is 2.12. The highest BCUT2D eigenvalue weighted by molar-refractivity contribution is 5.88. The standard InChI is InChI=1S/C11H19NO2/c1-8(2)11(5,9(3)4)7-6-10(13)14-12/h8-9H,12H2,1-5H3. The first kappa shape index (κ1) is 13.0. The first-order chi connectivity index (χ1) is 6.34. The van der Waals surface area contributed by atoms with Crippen molar-refractivity contribution in [3.05, 3.63) is 0 Å². The minimum absolute atomic E-state index is 0.186. The Morgan fingerprint density at radius 1 is 1.29 bits per heavy atom. The Labute approximate surface area is 86.0 Å². The molecule has 3 nitrogen and oxygen atoms in total. The van der Waals surface area contributed by atoms with Crippen LogP contribution in [0.1, 0.15) is 34.6 Å². The van der Waals surface area contributed by atoms with Crippen molar-refractivity contribution >= 4 is 5.97 Å². The topological polar surface area (TPSA) is 52.3 Å². The maximum atomic E-state index is 10.8. The lowest BCUT2D eigenvalue weighted by molar-refractivity contribution is -0.137. The van der Waals surface area contributed by atoms with Crippen LogP contribution in [-0.4, -0.2) is 5.97 Å². The Bertz CT molecular complexity index is 250. The van der Waals surface area contributed by atoms with E-state index >= 15 is 0 Å². The van der Waals surface area contributed by atoms with E-state index in [4.69, 9.17) is 5.90 Å². The molecule has 0 spiro atoms. The molecule has 0 aromatic rings. The zero-order valence-corrected chi connectivity index (χ0v) is 9.55. The van der Waals surface area contributed by atoms with Gasteiger partial charge in [-0.25, -0.2) is 4.79 Å². The lowest BCUT2D eigenvalue weighted by atomic mass is 9.71. The van der Waals surface area contributed by atoms with Crippen molar-refractivity contribution in [3.63, 3.8) is 0 Å². The summed E-state index contributed by atoms with van der Waals surface area (Å²) in [7, 11) is 0. The first-order valence-corrected chi connectivity index (χ1v) is 4.78. The fourth-order valence-electron chi connectivity index (χ4n) is 1.17. The Balaban J connectivity index is 4.84. The number of carbonyl (C=O) groups is 1. The van der Waals surface area contributed by atoms with E-state index in [1.54, 1.807) is 0 Å². The van der Waals surface area contributed by atoms with Gasteiger partial charge in [-0.15, -0.1) is 0 Å². The van der Waals surface area contributed by atoms with Gasteiger partial charge in [-0.3, -0.25) is 0 Å². The second-order valence-corrected chi connectivity index (χ2v) is 4.25. The number of carbonyl (C=O) groups excluding carboxylic acids is 1. The molecular weight excluding hydrogens is 178 g/mol. The molecule has 0 unspecified atom stereocenters. The van der Waals surface area contributed by atoms with Gasteiger partial charge in [0.05, 0.1) is 0 Å². The lowest BCUT2D eigenvalue weighted by Gasteiger charge is -2.32. The molecule has 0 aromatic carbocycles. The van der Waals surface area contributed by atoms with Crippen molar-refractivity contribution in [2.75, 3.05) is 0 Å². The zero-order valence-electron chi connectivity index (χ0n) is 9.55. The molecule has 0 radical (unpaired) electrons. The van der Waals surface area contributed by atoms with Gasteiger partial charge in [0, 0.05) is 11.3 Å². The van der Waals surface area contributed by atoms with Crippen molar-refractivity contribution < 1.29 is 9.63 Å². The third-order valence-electron chi connectivity index (χ3n) is 2.94. The van der Waals surface area contributed by atoms with E-state index < -0.39 is 5.97 Å². The van der Waals surface area contributed by atoms with Crippen molar-refractivity contribution in [1.29, 1.82) is 0 Å². The van der Waals surface area contributed by atoms with Gasteiger partial charge < -0.3 is 4.84 Å². The van der Waals surface area contributed by atoms with Crippen LogP contribution in [-0.2, 0) is 9.63 Å². The molecule has 0 aliphatic rings. The lowest BCUT2D eigenvalue weighted by Crippen LogP contribution is -2.28. The monoisotopic (exact) mass is 197 g/mol. The van der Waals surface area contributed by atoms with E-state index in [0.29, 0.717) is 11.8 Å². The van der Waals surface area contributed by atoms with Gasteiger partial charge in [-0.05, 0) is 18.8 Å². The summed E-state index contributed by atoms with van der Waals surface area (Å²) < 4.78 is 0. The summed E-state index contributed by atoms with van der Waals surface area (Å²) in [5.74, 6) is 10.1. The van der Waals surface area contributed by atoms with E-state index in [2.05, 4.69) is 44.4 Å². The molecule has 0 saturated heterocycles. The van der Waals surface area contributed by atoms with Gasteiger partial charge >= 0.3 is 5.97 Å². The SMILES string of the molecule is CC(C)C(C)(C#CC(=O)ON)C(C)C. The molecule has 0 aliphatic heterocycles. The van der Waals surface area contributed by atoms with Gasteiger partial charge in [0.25, 0.3) is 0 Å². The van der Waals surface area contributed by atoms with Gasteiger partial charge in [0.1, 0.15) is 0 Å². The summed E-state index contributed by atoms with van der Waals surface area (Å²) in [6.45, 7) is 10.4. The second kappa shape index (κ2) is 5.02. The fourth-order valence-corrected chi connectivity index (χ4v) is 1.17. The van der Waals surface area contributed by atoms with E-state index in [9.17, 15) is 4.79 Å². The van der Waals surface area contributed by atoms with Crippen LogP contribution < -0.4 is 5.90 Å². The van der Waals surface area contributed by atoms with Crippen LogP contribution in [0.3, 0.4) is 0 Å². The molecule has 0 amide bonds. The quantitative estimate of drug-likeness (QED) is 0.541. The summed E-state index contributed by atoms with van der Waals surface area (Å²) in [5.41, 5.74) is -0.186. The maximum absolute atomic E-state index is 10.8. The van der Waals surface area contributed by atoms with E-state index in [1.807, 2.05) is 6.92 Å². The molecule has 80 valence electrons. The van der Waals surface area contributed by atoms with Crippen LogP contribution >= 0.6 is 0 Å². The number of hydrogen-bond donors (Lipinski definition) is 1. The molecule has 0 rings (SSSR count). The highest BCUT2D eigenvalue weighted by atomic mass is 16.7. The molecule has 0 atom stereocenters. The Hall–Kier alpha value is -1.01. The number of hydrogen-bond acceptors (Lipinski definition) is 3. The normalized spacial score (nSPS) is 11.1. The van der Waals surface area contributed by atoms with Crippen LogP contribution in [0.25, 0.3) is 0 Å². The van der Waals surface area contributed by atoms with Gasteiger partial charge in [0.2, 0.25) is 0 Å². The summed E-state index contributed by atoms with van der Waals surface area (Å²) >= 11 is 0. The Morgan fingerprint density at radius 2 is 1.71 bits per heavy atom. The molecule has 0 heterocycles. The summed E-state index contributed by atoms with van der Waals surface area (Å²) in [6, 6.07) is 0. The smallest absolute Gasteiger partial charge is 0.364 e. The van der Waals surface area contributed by atoms with E-state index in [0.717, 1.165) is 0 Å². The number of rotatable bonds is 2. The molecule has 0 bridgehead atoms. The van der Waals surface area contributed by atoms with Crippen molar-refractivity contribution in [2.24, 2.45) is 23.1 Å². The van der Waals surface area contributed by atoms with Crippen LogP contribution in [0.15, 0.2) is 0 Å². The Morgan fingerprint density at radius 3 is 2.00 bits per heavy atom. The maximum Gasteiger partial charge on any atom is 0.402 e. The van der Waals surface area contributed by atoms with Crippen LogP contribution in [0, 0.1) is 29.1 Å². The van der Waals surface area contributed by atoms with Crippen molar-refractivity contribution in [3.8, 4) is 11.8 Å². The van der Waals surface area contributed by atoms with Crippen LogP contribution in [0.5, 0.6) is 0 Å². The molecule has 0 aliphatic carbocycles. The molecule has 0 fully saturated rings. The second-order valence-electron chi connectivity index (χ2n) is 4.25. The first-order valence-electron chi connectivity index (χ1n) is 4.78. The third-order valence-corrected chi connectivity index (χ3v) is 2.94. The van der Waals surface area contributed by atoms with Crippen LogP contribution in [0.4, 0.5) is 0 Å². The van der Waals surface area contributed by atoms with Crippen molar-refractivity contribution in [1.82, 2.24) is 0 Å². The zero-order chi connectivity index (χ0) is 11.4. The fraction of sp³-hybridized carbons (Fsp3) is 0.727. The Kier molecular flexibility index (Phi) is 4.65. The van der Waals surface area contributed by atoms with E-state index in [1.165, 1.54) is 0 Å². The molecule has 14 heavy (non-hydrogen) atoms. The van der Waals surface area contributed by atoms with Gasteiger partial charge in [-0.1, -0.05) is 33.6 Å². The minimum atomic E-state index is -0.683. The number of nitrogens with two attached hydrogens (primary N) is 1. The summed E-state index contributed by atoms with van der Waals surface area (Å²) in [5, 5.41) is 0. The molecule has 2 N–H and O–H groups in total. The summed E-state index contributed by atoms with van der Waals surface area (Å²) in [6.07, 6.45) is 0. The van der Waals surface area contributed by atoms with E-state index in [-0.39, 0.29) is 5.41 Å². The minimum Gasteiger partial charge on any atom is -0.364 e. The average molecular weight is 197 g/mol. The largest absolute Gasteiger partial charge is 0.402 e. The molecule has 0 aromatic heterocycles. The van der Waals surface area contributed by atoms with Gasteiger partial charge in [-0.2, -0.15) is 5.90 Å². The van der Waals surface area contributed by atoms with Gasteiger partial charge in [0.15, 0.2) is 0 Å². The summed E-state index contributed by atoms with van der Waals surface area (Å²) in [4.78, 5) is 14.8. The van der Waals surface area contributed by atoms with Crippen molar-refractivity contribution in [2.45, 2.75) is 34.6 Å². The predicted molar refractivity (Wildman–Crippen MR) is 55.8 cm³/mol. The highest BCUT2D eigenvalue weighted by Crippen LogP contribution is 2.34. The van der Waals surface area contributed by atoms with Crippen LogP contribution in [0.2, 0.25) is 0 Å².